The quantitative estimate of drug-likeness (QED) is 0.672. The van der Waals surface area contributed by atoms with Crippen molar-refractivity contribution < 1.29 is 19.1 Å². The fourth-order valence-corrected chi connectivity index (χ4v) is 3.52. The minimum atomic E-state index is -0.420. The second-order valence-corrected chi connectivity index (χ2v) is 7.31. The summed E-state index contributed by atoms with van der Waals surface area (Å²) in [5.41, 5.74) is -0.420. The molecular formula is C18H32N2O4. The number of ether oxygens (including phenoxy) is 2. The SMILES string of the molecule is CCCC(C)(CNC(=O)CC1CCCO1)NC(=O)CC1CCCO1. The van der Waals surface area contributed by atoms with E-state index in [2.05, 4.69) is 17.6 Å². The Labute approximate surface area is 145 Å². The number of hydrogen-bond acceptors (Lipinski definition) is 4. The summed E-state index contributed by atoms with van der Waals surface area (Å²) in [6.07, 6.45) is 6.65. The lowest BCUT2D eigenvalue weighted by molar-refractivity contribution is -0.127. The van der Waals surface area contributed by atoms with Crippen molar-refractivity contribution in [2.24, 2.45) is 0 Å². The Balaban J connectivity index is 1.76. The number of carbonyl (C=O) groups excluding carboxylic acids is 2. The summed E-state index contributed by atoms with van der Waals surface area (Å²) < 4.78 is 11.0. The second-order valence-electron chi connectivity index (χ2n) is 7.31. The summed E-state index contributed by atoms with van der Waals surface area (Å²) in [6.45, 7) is 6.03. The predicted molar refractivity (Wildman–Crippen MR) is 91.6 cm³/mol. The third-order valence-corrected chi connectivity index (χ3v) is 4.79. The summed E-state index contributed by atoms with van der Waals surface area (Å²) in [5, 5.41) is 6.07. The molecule has 6 nitrogen and oxygen atoms in total. The molecule has 0 radical (unpaired) electrons. The van der Waals surface area contributed by atoms with Gasteiger partial charge in [0, 0.05) is 19.8 Å². The molecule has 2 aliphatic rings. The van der Waals surface area contributed by atoms with Gasteiger partial charge in [-0.2, -0.15) is 0 Å². The average molecular weight is 340 g/mol. The van der Waals surface area contributed by atoms with Crippen LogP contribution in [0.1, 0.15) is 65.2 Å². The van der Waals surface area contributed by atoms with E-state index in [0.717, 1.165) is 51.7 Å². The predicted octanol–water partition coefficient (Wildman–Crippen LogP) is 1.92. The molecule has 0 saturated carbocycles. The van der Waals surface area contributed by atoms with Gasteiger partial charge in [-0.1, -0.05) is 13.3 Å². The number of nitrogens with one attached hydrogen (secondary N) is 2. The second kappa shape index (κ2) is 9.37. The van der Waals surface area contributed by atoms with E-state index < -0.39 is 5.54 Å². The van der Waals surface area contributed by atoms with E-state index in [9.17, 15) is 9.59 Å². The van der Waals surface area contributed by atoms with Crippen LogP contribution in [0.3, 0.4) is 0 Å². The molecule has 2 aliphatic heterocycles. The molecule has 6 heteroatoms. The number of carbonyl (C=O) groups is 2. The molecule has 0 aromatic rings. The zero-order chi connectivity index (χ0) is 17.4. The zero-order valence-corrected chi connectivity index (χ0v) is 15.1. The van der Waals surface area contributed by atoms with E-state index in [1.54, 1.807) is 0 Å². The molecule has 2 rings (SSSR count). The van der Waals surface area contributed by atoms with Gasteiger partial charge in [0.05, 0.1) is 30.6 Å². The van der Waals surface area contributed by atoms with Crippen LogP contribution in [-0.4, -0.2) is 49.3 Å². The minimum absolute atomic E-state index is 0.00222. The van der Waals surface area contributed by atoms with E-state index in [0.29, 0.717) is 19.4 Å². The van der Waals surface area contributed by atoms with Crippen LogP contribution in [0.2, 0.25) is 0 Å². The third kappa shape index (κ3) is 6.40. The minimum Gasteiger partial charge on any atom is -0.378 e. The van der Waals surface area contributed by atoms with Crippen LogP contribution in [0.25, 0.3) is 0 Å². The smallest absolute Gasteiger partial charge is 0.223 e. The Morgan fingerprint density at radius 1 is 1.04 bits per heavy atom. The van der Waals surface area contributed by atoms with E-state index >= 15 is 0 Å². The highest BCUT2D eigenvalue weighted by molar-refractivity contribution is 5.78. The molecule has 3 unspecified atom stereocenters. The molecular weight excluding hydrogens is 308 g/mol. The van der Waals surface area contributed by atoms with E-state index in [4.69, 9.17) is 9.47 Å². The molecule has 0 bridgehead atoms. The Morgan fingerprint density at radius 2 is 1.62 bits per heavy atom. The highest BCUT2D eigenvalue weighted by Gasteiger charge is 2.29. The van der Waals surface area contributed by atoms with Crippen LogP contribution < -0.4 is 10.6 Å². The van der Waals surface area contributed by atoms with Crippen LogP contribution in [0.15, 0.2) is 0 Å². The molecule has 2 N–H and O–H groups in total. The Hall–Kier alpha value is -1.14. The number of amides is 2. The number of rotatable bonds is 9. The molecule has 138 valence electrons. The van der Waals surface area contributed by atoms with Gasteiger partial charge < -0.3 is 20.1 Å². The van der Waals surface area contributed by atoms with Gasteiger partial charge in [-0.25, -0.2) is 0 Å². The van der Waals surface area contributed by atoms with Crippen molar-refractivity contribution in [2.75, 3.05) is 19.8 Å². The van der Waals surface area contributed by atoms with E-state index in [1.165, 1.54) is 0 Å². The maximum absolute atomic E-state index is 12.3. The fraction of sp³-hybridized carbons (Fsp3) is 0.889. The molecule has 0 spiro atoms. The Morgan fingerprint density at radius 3 is 2.12 bits per heavy atom. The average Bonchev–Trinajstić information content (AvgIpc) is 3.19. The summed E-state index contributed by atoms with van der Waals surface area (Å²) >= 11 is 0. The molecule has 0 aliphatic carbocycles. The third-order valence-electron chi connectivity index (χ3n) is 4.79. The normalized spacial score (nSPS) is 26.1. The van der Waals surface area contributed by atoms with Crippen LogP contribution in [0, 0.1) is 0 Å². The van der Waals surface area contributed by atoms with Crippen LogP contribution in [-0.2, 0) is 19.1 Å². The lowest BCUT2D eigenvalue weighted by Gasteiger charge is -2.31. The van der Waals surface area contributed by atoms with Gasteiger partial charge >= 0.3 is 0 Å². The molecule has 0 aromatic carbocycles. The highest BCUT2D eigenvalue weighted by Crippen LogP contribution is 2.18. The molecule has 0 aromatic heterocycles. The highest BCUT2D eigenvalue weighted by atomic mass is 16.5. The van der Waals surface area contributed by atoms with Gasteiger partial charge in [0.15, 0.2) is 0 Å². The van der Waals surface area contributed by atoms with Gasteiger partial charge in [0.2, 0.25) is 11.8 Å². The van der Waals surface area contributed by atoms with Crippen molar-refractivity contribution in [3.63, 3.8) is 0 Å². The van der Waals surface area contributed by atoms with Gasteiger partial charge in [-0.3, -0.25) is 9.59 Å². The first-order chi connectivity index (χ1) is 11.5. The van der Waals surface area contributed by atoms with Crippen LogP contribution in [0.4, 0.5) is 0 Å². The van der Waals surface area contributed by atoms with Gasteiger partial charge in [0.1, 0.15) is 0 Å². The van der Waals surface area contributed by atoms with Crippen molar-refractivity contribution in [2.45, 2.75) is 83.0 Å². The monoisotopic (exact) mass is 340 g/mol. The van der Waals surface area contributed by atoms with Crippen molar-refractivity contribution in [1.29, 1.82) is 0 Å². The zero-order valence-electron chi connectivity index (χ0n) is 15.1. The maximum atomic E-state index is 12.3. The largest absolute Gasteiger partial charge is 0.378 e. The first-order valence-electron chi connectivity index (χ1n) is 9.31. The number of hydrogen-bond donors (Lipinski definition) is 2. The molecule has 24 heavy (non-hydrogen) atoms. The molecule has 2 fully saturated rings. The van der Waals surface area contributed by atoms with E-state index in [-0.39, 0.29) is 24.0 Å². The van der Waals surface area contributed by atoms with E-state index in [1.807, 2.05) is 6.92 Å². The van der Waals surface area contributed by atoms with Crippen molar-refractivity contribution in [3.05, 3.63) is 0 Å². The molecule has 3 atom stereocenters. The summed E-state index contributed by atoms with van der Waals surface area (Å²) in [5.74, 6) is 0.00354. The fourth-order valence-electron chi connectivity index (χ4n) is 3.52. The molecule has 2 amide bonds. The van der Waals surface area contributed by atoms with Gasteiger partial charge in [-0.15, -0.1) is 0 Å². The lowest BCUT2D eigenvalue weighted by Crippen LogP contribution is -2.54. The summed E-state index contributed by atoms with van der Waals surface area (Å²) in [6, 6.07) is 0. The topological polar surface area (TPSA) is 76.7 Å². The summed E-state index contributed by atoms with van der Waals surface area (Å²) in [7, 11) is 0. The summed E-state index contributed by atoms with van der Waals surface area (Å²) in [4.78, 5) is 24.4. The standard InChI is InChI=1S/C18H32N2O4/c1-3-8-18(2,20-17(22)12-15-7-5-10-24-15)13-19-16(21)11-14-6-4-9-23-14/h14-15H,3-13H2,1-2H3,(H,19,21)(H,20,22). The molecule has 2 heterocycles. The van der Waals surface area contributed by atoms with Crippen molar-refractivity contribution >= 4 is 11.8 Å². The molecule has 2 saturated heterocycles. The first kappa shape index (κ1) is 19.2. The lowest BCUT2D eigenvalue weighted by atomic mass is 9.95. The van der Waals surface area contributed by atoms with Crippen LogP contribution >= 0.6 is 0 Å². The first-order valence-corrected chi connectivity index (χ1v) is 9.31. The Kier molecular flexibility index (Phi) is 7.49. The Bertz CT molecular complexity index is 417. The van der Waals surface area contributed by atoms with Crippen molar-refractivity contribution in [1.82, 2.24) is 10.6 Å². The van der Waals surface area contributed by atoms with Crippen LogP contribution in [0.5, 0.6) is 0 Å². The van der Waals surface area contributed by atoms with Gasteiger partial charge in [-0.05, 0) is 39.0 Å². The van der Waals surface area contributed by atoms with Gasteiger partial charge in [0.25, 0.3) is 0 Å². The van der Waals surface area contributed by atoms with Crippen molar-refractivity contribution in [3.8, 4) is 0 Å². The maximum Gasteiger partial charge on any atom is 0.223 e.